The zero-order valence-electron chi connectivity index (χ0n) is 12.4. The van der Waals surface area contributed by atoms with Gasteiger partial charge >= 0.3 is 23.9 Å². The predicted molar refractivity (Wildman–Crippen MR) is 74.0 cm³/mol. The fraction of sp³-hybridized carbons (Fsp3) is 0.714. The monoisotopic (exact) mass is 332 g/mol. The van der Waals surface area contributed by atoms with Gasteiger partial charge in [0.1, 0.15) is 0 Å². The zero-order valence-corrected chi connectivity index (χ0v) is 12.4. The van der Waals surface area contributed by atoms with E-state index in [2.05, 4.69) is 0 Å². The Morgan fingerprint density at radius 1 is 0.913 bits per heavy atom. The summed E-state index contributed by atoms with van der Waals surface area (Å²) in [6.07, 6.45) is -0.718. The molecule has 130 valence electrons. The second-order valence-corrected chi connectivity index (χ2v) is 5.74. The van der Waals surface area contributed by atoms with E-state index in [-0.39, 0.29) is 5.92 Å². The Morgan fingerprint density at radius 2 is 1.39 bits per heavy atom. The van der Waals surface area contributed by atoms with Gasteiger partial charge in [0, 0.05) is 0 Å². The van der Waals surface area contributed by atoms with Gasteiger partial charge in [0.2, 0.25) is 0 Å². The first kappa shape index (κ1) is 18.9. The summed E-state index contributed by atoms with van der Waals surface area (Å²) >= 11 is 0. The first-order chi connectivity index (χ1) is 10.7. The molecule has 0 aromatic rings. The molecule has 0 aromatic carbocycles. The molecule has 1 rings (SSSR count). The quantitative estimate of drug-likeness (QED) is 0.454. The smallest absolute Gasteiger partial charge is 0.337 e. The fourth-order valence-corrected chi connectivity index (χ4v) is 2.93. The topological polar surface area (TPSA) is 158 Å². The molecule has 0 amide bonds. The number of rotatable bonds is 10. The van der Waals surface area contributed by atoms with E-state index in [0.29, 0.717) is 12.8 Å². The van der Waals surface area contributed by atoms with Crippen LogP contribution in [-0.2, 0) is 23.9 Å². The largest absolute Gasteiger partial charge is 0.481 e. The first-order valence-corrected chi connectivity index (χ1v) is 7.23. The lowest BCUT2D eigenvalue weighted by atomic mass is 9.92. The maximum atomic E-state index is 11.5. The van der Waals surface area contributed by atoms with Crippen molar-refractivity contribution in [3.05, 3.63) is 0 Å². The van der Waals surface area contributed by atoms with Gasteiger partial charge in [-0.05, 0) is 18.8 Å². The molecular formula is C14H20O9. The third-order valence-electron chi connectivity index (χ3n) is 3.94. The summed E-state index contributed by atoms with van der Waals surface area (Å²) in [6.45, 7) is 0. The minimum Gasteiger partial charge on any atom is -0.481 e. The molecule has 0 aromatic heterocycles. The number of ether oxygens (including phenoxy) is 1. The van der Waals surface area contributed by atoms with Crippen LogP contribution in [0.25, 0.3) is 0 Å². The molecule has 1 atom stereocenters. The summed E-state index contributed by atoms with van der Waals surface area (Å²) < 4.78 is 5.37. The molecule has 0 heterocycles. The molecule has 1 saturated carbocycles. The van der Waals surface area contributed by atoms with E-state index >= 15 is 0 Å². The predicted octanol–water partition coefficient (Wildman–Crippen LogP) is 0.809. The number of carboxylic acid groups (broad SMARTS) is 4. The molecule has 9 nitrogen and oxygen atoms in total. The van der Waals surface area contributed by atoms with E-state index < -0.39 is 54.8 Å². The van der Waals surface area contributed by atoms with Crippen molar-refractivity contribution in [2.24, 2.45) is 5.92 Å². The Balaban J connectivity index is 3.09. The fourth-order valence-electron chi connectivity index (χ4n) is 2.93. The molecule has 1 unspecified atom stereocenters. The highest BCUT2D eigenvalue weighted by molar-refractivity contribution is 5.88. The van der Waals surface area contributed by atoms with Gasteiger partial charge in [0.15, 0.2) is 5.60 Å². The highest BCUT2D eigenvalue weighted by Gasteiger charge is 2.47. The number of hydrogen-bond donors (Lipinski definition) is 4. The van der Waals surface area contributed by atoms with E-state index in [4.69, 9.17) is 20.1 Å². The van der Waals surface area contributed by atoms with Gasteiger partial charge in [-0.15, -0.1) is 0 Å². The van der Waals surface area contributed by atoms with Gasteiger partial charge in [0.05, 0.1) is 25.4 Å². The molecule has 0 saturated heterocycles. The summed E-state index contributed by atoms with van der Waals surface area (Å²) in [4.78, 5) is 44.5. The average molecular weight is 332 g/mol. The van der Waals surface area contributed by atoms with Crippen LogP contribution in [0.2, 0.25) is 0 Å². The van der Waals surface area contributed by atoms with Gasteiger partial charge in [-0.1, -0.05) is 12.8 Å². The van der Waals surface area contributed by atoms with Crippen LogP contribution >= 0.6 is 0 Å². The van der Waals surface area contributed by atoms with E-state index in [1.54, 1.807) is 0 Å². The van der Waals surface area contributed by atoms with E-state index in [9.17, 15) is 24.3 Å². The third-order valence-corrected chi connectivity index (χ3v) is 3.94. The maximum Gasteiger partial charge on any atom is 0.337 e. The number of carboxylic acids is 4. The molecule has 0 aliphatic heterocycles. The van der Waals surface area contributed by atoms with Gasteiger partial charge in [-0.3, -0.25) is 14.4 Å². The Kier molecular flexibility index (Phi) is 6.49. The van der Waals surface area contributed by atoms with E-state index in [0.717, 1.165) is 12.8 Å². The number of aliphatic carboxylic acids is 4. The van der Waals surface area contributed by atoms with Crippen LogP contribution in [-0.4, -0.2) is 56.0 Å². The van der Waals surface area contributed by atoms with Gasteiger partial charge in [-0.2, -0.15) is 0 Å². The summed E-state index contributed by atoms with van der Waals surface area (Å²) in [5.41, 5.74) is -2.49. The Morgan fingerprint density at radius 3 is 1.74 bits per heavy atom. The van der Waals surface area contributed by atoms with Crippen LogP contribution in [0.15, 0.2) is 0 Å². The van der Waals surface area contributed by atoms with Gasteiger partial charge < -0.3 is 25.2 Å². The molecule has 0 spiro atoms. The average Bonchev–Trinajstić information content (AvgIpc) is 2.88. The van der Waals surface area contributed by atoms with Crippen LogP contribution < -0.4 is 0 Å². The first-order valence-electron chi connectivity index (χ1n) is 7.23. The molecule has 0 bridgehead atoms. The standard InChI is InChI=1S/C14H20O9/c15-10(16)5-9(8-3-1-2-4-8)23-14(13(21)22,6-11(17)18)7-12(19)20/h8-9H,1-7H2,(H,15,16)(H,17,18)(H,19,20)(H,21,22). The minimum atomic E-state index is -2.49. The van der Waals surface area contributed by atoms with Crippen LogP contribution in [0, 0.1) is 5.92 Å². The second-order valence-electron chi connectivity index (χ2n) is 5.74. The maximum absolute atomic E-state index is 11.5. The van der Waals surface area contributed by atoms with Crippen molar-refractivity contribution < 1.29 is 44.3 Å². The Labute approximate surface area is 131 Å². The molecule has 23 heavy (non-hydrogen) atoms. The third kappa shape index (κ3) is 5.51. The van der Waals surface area contributed by atoms with Crippen molar-refractivity contribution in [2.45, 2.75) is 56.7 Å². The molecule has 1 fully saturated rings. The summed E-state index contributed by atoms with van der Waals surface area (Å²) in [5.74, 6) is -6.24. The molecular weight excluding hydrogens is 312 g/mol. The van der Waals surface area contributed by atoms with Crippen molar-refractivity contribution in [3.8, 4) is 0 Å². The molecule has 4 N–H and O–H groups in total. The summed E-state index contributed by atoms with van der Waals surface area (Å²) in [7, 11) is 0. The molecule has 0 radical (unpaired) electrons. The minimum absolute atomic E-state index is 0.229. The van der Waals surface area contributed by atoms with Crippen molar-refractivity contribution >= 4 is 23.9 Å². The van der Waals surface area contributed by atoms with E-state index in [1.165, 1.54) is 0 Å². The lowest BCUT2D eigenvalue weighted by Gasteiger charge is -2.33. The van der Waals surface area contributed by atoms with Crippen LogP contribution in [0.4, 0.5) is 0 Å². The number of hydrogen-bond acceptors (Lipinski definition) is 5. The Bertz CT molecular complexity index is 463. The van der Waals surface area contributed by atoms with Gasteiger partial charge in [0.25, 0.3) is 0 Å². The van der Waals surface area contributed by atoms with Crippen LogP contribution in [0.3, 0.4) is 0 Å². The van der Waals surface area contributed by atoms with Crippen molar-refractivity contribution in [1.82, 2.24) is 0 Å². The van der Waals surface area contributed by atoms with Crippen molar-refractivity contribution in [2.75, 3.05) is 0 Å². The highest BCUT2D eigenvalue weighted by atomic mass is 16.5. The van der Waals surface area contributed by atoms with Crippen molar-refractivity contribution in [3.63, 3.8) is 0 Å². The molecule has 9 heteroatoms. The molecule has 1 aliphatic carbocycles. The normalized spacial score (nSPS) is 16.9. The van der Waals surface area contributed by atoms with Crippen molar-refractivity contribution in [1.29, 1.82) is 0 Å². The Hall–Kier alpha value is -2.16. The highest BCUT2D eigenvalue weighted by Crippen LogP contribution is 2.35. The summed E-state index contributed by atoms with van der Waals surface area (Å²) in [5, 5.41) is 36.2. The lowest BCUT2D eigenvalue weighted by Crippen LogP contribution is -2.49. The van der Waals surface area contributed by atoms with Crippen LogP contribution in [0.1, 0.15) is 44.9 Å². The summed E-state index contributed by atoms with van der Waals surface area (Å²) in [6, 6.07) is 0. The lowest BCUT2D eigenvalue weighted by molar-refractivity contribution is -0.192. The second kappa shape index (κ2) is 7.91. The SMILES string of the molecule is O=C(O)CC(OC(CC(=O)O)(CC(=O)O)C(=O)O)C1CCCC1. The molecule has 1 aliphatic rings. The zero-order chi connectivity index (χ0) is 17.6. The van der Waals surface area contributed by atoms with E-state index in [1.807, 2.05) is 0 Å². The van der Waals surface area contributed by atoms with Gasteiger partial charge in [-0.25, -0.2) is 4.79 Å². The number of carbonyl (C=O) groups is 4. The van der Waals surface area contributed by atoms with Crippen LogP contribution in [0.5, 0.6) is 0 Å².